The Hall–Kier alpha value is -0.200. The van der Waals surface area contributed by atoms with E-state index < -0.39 is 0 Å². The molecule has 0 bridgehead atoms. The Morgan fingerprint density at radius 1 is 0.773 bits per heavy atom. The third-order valence-electron chi connectivity index (χ3n) is 3.67. The molecule has 2 aromatic carbocycles. The van der Waals surface area contributed by atoms with Gasteiger partial charge in [0.2, 0.25) is 0 Å². The summed E-state index contributed by atoms with van der Waals surface area (Å²) >= 11 is 1.36. The predicted octanol–water partition coefficient (Wildman–Crippen LogP) is 5.69. The first kappa shape index (κ1) is 26.7. The SMILES string of the molecule is CCc1cc(C)c(C)[cH-]1.CCc1cc(C)c(C)[cH-]1.[CH3-].[CH3-].[Si]=[Zr]. The average molecular weight is 392 g/mol. The van der Waals surface area contributed by atoms with Crippen LogP contribution >= 0.6 is 0 Å². The van der Waals surface area contributed by atoms with E-state index in [1.807, 2.05) is 0 Å². The van der Waals surface area contributed by atoms with Crippen molar-refractivity contribution in [3.8, 4) is 0 Å². The van der Waals surface area contributed by atoms with Crippen LogP contribution in [0.1, 0.15) is 47.2 Å². The van der Waals surface area contributed by atoms with Gasteiger partial charge in [0, 0.05) is 0 Å². The first-order chi connectivity index (χ1) is 9.47. The zero-order valence-corrected chi connectivity index (χ0v) is 19.2. The van der Waals surface area contributed by atoms with E-state index in [9.17, 15) is 0 Å². The van der Waals surface area contributed by atoms with E-state index in [-0.39, 0.29) is 14.9 Å². The van der Waals surface area contributed by atoms with Gasteiger partial charge in [0.15, 0.2) is 0 Å². The van der Waals surface area contributed by atoms with Crippen LogP contribution in [0.4, 0.5) is 0 Å². The third-order valence-corrected chi connectivity index (χ3v) is 3.67. The van der Waals surface area contributed by atoms with Gasteiger partial charge in [0.05, 0.1) is 0 Å². The van der Waals surface area contributed by atoms with Gasteiger partial charge in [0.25, 0.3) is 0 Å². The van der Waals surface area contributed by atoms with Gasteiger partial charge in [-0.3, -0.25) is 0 Å². The minimum atomic E-state index is 0. The summed E-state index contributed by atoms with van der Waals surface area (Å²) in [6, 6.07) is 9.04. The summed E-state index contributed by atoms with van der Waals surface area (Å²) in [5.74, 6) is 0. The summed E-state index contributed by atoms with van der Waals surface area (Å²) in [6.45, 7) is 16.1. The standard InChI is InChI=1S/2C9H13.2CH3.Si.Zr/c2*1-4-9-5-7(2)8(3)6-9;;;;/h2*5-6H,4H2,1-3H3;2*1H3;;/q4*-1;;. The minimum absolute atomic E-state index is 0. The Kier molecular flexibility index (Phi) is 17.5. The van der Waals surface area contributed by atoms with Crippen molar-refractivity contribution in [3.05, 3.63) is 72.5 Å². The van der Waals surface area contributed by atoms with Gasteiger partial charge in [-0.15, -0.1) is 0 Å². The first-order valence-electron chi connectivity index (χ1n) is 7.18. The molecule has 2 radical (unpaired) electrons. The molecular weight excluding hydrogens is 360 g/mol. The Morgan fingerprint density at radius 2 is 1.05 bits per heavy atom. The van der Waals surface area contributed by atoms with Gasteiger partial charge < -0.3 is 14.9 Å². The van der Waals surface area contributed by atoms with Crippen LogP contribution in [0, 0.1) is 42.5 Å². The maximum absolute atomic E-state index is 3.06. The van der Waals surface area contributed by atoms with Crippen molar-refractivity contribution >= 4 is 6.88 Å². The molecule has 0 saturated heterocycles. The van der Waals surface area contributed by atoms with E-state index in [0.717, 1.165) is 12.8 Å². The molecule has 0 N–H and O–H groups in total. The normalized spacial score (nSPS) is 8.41. The van der Waals surface area contributed by atoms with Crippen molar-refractivity contribution in [1.29, 1.82) is 0 Å². The summed E-state index contributed by atoms with van der Waals surface area (Å²) in [6.07, 6.45) is 2.32. The van der Waals surface area contributed by atoms with Crippen LogP contribution in [0.25, 0.3) is 0 Å². The number of rotatable bonds is 2. The van der Waals surface area contributed by atoms with E-state index in [0.29, 0.717) is 0 Å². The van der Waals surface area contributed by atoms with E-state index in [1.165, 1.54) is 56.7 Å². The van der Waals surface area contributed by atoms with E-state index in [4.69, 9.17) is 0 Å². The van der Waals surface area contributed by atoms with Crippen LogP contribution in [0.2, 0.25) is 0 Å². The molecule has 2 heteroatoms. The van der Waals surface area contributed by atoms with Gasteiger partial charge in [-0.1, -0.05) is 54.4 Å². The van der Waals surface area contributed by atoms with Gasteiger partial charge in [0.1, 0.15) is 0 Å². The molecule has 0 amide bonds. The van der Waals surface area contributed by atoms with E-state index >= 15 is 0 Å². The van der Waals surface area contributed by atoms with E-state index in [1.54, 1.807) is 0 Å². The Balaban J connectivity index is -0.000000273. The molecule has 0 aliphatic heterocycles. The summed E-state index contributed by atoms with van der Waals surface area (Å²) in [5.41, 5.74) is 8.62. The molecule has 0 aromatic heterocycles. The van der Waals surface area contributed by atoms with E-state index in [2.05, 4.69) is 72.7 Å². The fraction of sp³-hybridized carbons (Fsp3) is 0.400. The second kappa shape index (κ2) is 14.4. The molecule has 124 valence electrons. The van der Waals surface area contributed by atoms with Crippen LogP contribution in [0.5, 0.6) is 0 Å². The molecule has 0 aliphatic rings. The second-order valence-electron chi connectivity index (χ2n) is 5.17. The van der Waals surface area contributed by atoms with Gasteiger partial charge in [-0.25, -0.2) is 12.1 Å². The Bertz CT molecular complexity index is 421. The van der Waals surface area contributed by atoms with Crippen LogP contribution in [-0.2, 0) is 36.2 Å². The predicted molar refractivity (Wildman–Crippen MR) is 100 cm³/mol. The molecule has 0 spiro atoms. The van der Waals surface area contributed by atoms with Crippen molar-refractivity contribution in [3.63, 3.8) is 0 Å². The molecule has 0 aliphatic carbocycles. The zero-order valence-electron chi connectivity index (χ0n) is 15.7. The Morgan fingerprint density at radius 3 is 1.14 bits per heavy atom. The summed E-state index contributed by atoms with van der Waals surface area (Å²) in [5, 5.41) is 0. The summed E-state index contributed by atoms with van der Waals surface area (Å²) in [4.78, 5) is 0. The second-order valence-corrected chi connectivity index (χ2v) is 5.17. The molecule has 2 rings (SSSR count). The van der Waals surface area contributed by atoms with Gasteiger partial charge >= 0.3 is 30.2 Å². The van der Waals surface area contributed by atoms with Crippen LogP contribution < -0.4 is 0 Å². The molecular formula is C20H32SiZr-4. The topological polar surface area (TPSA) is 0 Å². The Labute approximate surface area is 156 Å². The quantitative estimate of drug-likeness (QED) is 0.456. The summed E-state index contributed by atoms with van der Waals surface area (Å²) < 4.78 is 0. The van der Waals surface area contributed by atoms with Crippen LogP contribution in [0.15, 0.2) is 24.3 Å². The maximum atomic E-state index is 3.06. The van der Waals surface area contributed by atoms with Crippen LogP contribution in [0.3, 0.4) is 0 Å². The van der Waals surface area contributed by atoms with Crippen molar-refractivity contribution in [2.45, 2.75) is 54.4 Å². The molecule has 0 nitrogen and oxygen atoms in total. The molecule has 0 unspecified atom stereocenters. The first-order valence-corrected chi connectivity index (χ1v) is 11.4. The molecule has 2 aromatic rings. The molecule has 0 fully saturated rings. The van der Waals surface area contributed by atoms with Crippen molar-refractivity contribution in [2.75, 3.05) is 0 Å². The molecule has 0 heterocycles. The molecule has 0 saturated carbocycles. The van der Waals surface area contributed by atoms with Crippen molar-refractivity contribution in [1.82, 2.24) is 0 Å². The van der Waals surface area contributed by atoms with Crippen LogP contribution in [-0.4, -0.2) is 6.88 Å². The monoisotopic (exact) mass is 390 g/mol. The number of aryl methyl sites for hydroxylation is 6. The van der Waals surface area contributed by atoms with Crippen molar-refractivity contribution in [2.24, 2.45) is 0 Å². The van der Waals surface area contributed by atoms with Gasteiger partial charge in [-0.05, 0) is 0 Å². The number of hydrogen-bond acceptors (Lipinski definition) is 0. The number of hydrogen-bond donors (Lipinski definition) is 0. The average Bonchev–Trinajstić information content (AvgIpc) is 2.96. The molecule has 22 heavy (non-hydrogen) atoms. The fourth-order valence-electron chi connectivity index (χ4n) is 2.06. The zero-order chi connectivity index (χ0) is 15.7. The van der Waals surface area contributed by atoms with Gasteiger partial charge in [-0.2, -0.15) is 45.5 Å². The van der Waals surface area contributed by atoms with Crippen molar-refractivity contribution < 1.29 is 23.3 Å². The fourth-order valence-corrected chi connectivity index (χ4v) is 2.06. The summed E-state index contributed by atoms with van der Waals surface area (Å²) in [7, 11) is 0. The third kappa shape index (κ3) is 9.06. The molecule has 0 atom stereocenters.